The van der Waals surface area contributed by atoms with Gasteiger partial charge in [-0.2, -0.15) is 13.2 Å². The number of nitrogens with one attached hydrogen (secondary N) is 2. The predicted octanol–water partition coefficient (Wildman–Crippen LogP) is 5.55. The van der Waals surface area contributed by atoms with E-state index >= 15 is 0 Å². The Hall–Kier alpha value is -3.24. The van der Waals surface area contributed by atoms with Crippen LogP contribution >= 0.6 is 11.6 Å². The number of aromatic nitrogens is 3. The minimum absolute atomic E-state index is 0.122. The maximum atomic E-state index is 13.1. The van der Waals surface area contributed by atoms with E-state index in [0.717, 1.165) is 37.9 Å². The van der Waals surface area contributed by atoms with Crippen molar-refractivity contribution < 1.29 is 23.1 Å². The number of carbonyl (C=O) groups excluding carboxylic acids is 1. The van der Waals surface area contributed by atoms with Gasteiger partial charge in [0.05, 0.1) is 23.0 Å². The third kappa shape index (κ3) is 4.94. The molecule has 0 atom stereocenters. The molecule has 11 heteroatoms. The van der Waals surface area contributed by atoms with Crippen molar-refractivity contribution in [2.75, 3.05) is 10.6 Å². The molecule has 0 aliphatic heterocycles. The van der Waals surface area contributed by atoms with Gasteiger partial charge in [-0.15, -0.1) is 0 Å². The summed E-state index contributed by atoms with van der Waals surface area (Å²) in [5.74, 6) is 0.155. The smallest absolute Gasteiger partial charge is 0.385 e. The SMILES string of the molecule is O=C(Nc1cnc(Cl)cc1C(O)(C1CC1)C1CC1)c1ccnc(Nc2ccc(C(F)(F)F)cn2)c1. The molecule has 3 aromatic rings. The normalized spacial score (nSPS) is 16.1. The number of halogens is 4. The quantitative estimate of drug-likeness (QED) is 0.366. The zero-order chi connectivity index (χ0) is 24.8. The minimum atomic E-state index is -4.48. The fraction of sp³-hybridized carbons (Fsp3) is 0.333. The maximum Gasteiger partial charge on any atom is 0.417 e. The zero-order valence-electron chi connectivity index (χ0n) is 18.3. The van der Waals surface area contributed by atoms with E-state index in [1.807, 2.05) is 0 Å². The summed E-state index contributed by atoms with van der Waals surface area (Å²) < 4.78 is 38.2. The number of aliphatic hydroxyl groups is 1. The summed E-state index contributed by atoms with van der Waals surface area (Å²) in [6.45, 7) is 0. The summed E-state index contributed by atoms with van der Waals surface area (Å²) >= 11 is 6.14. The standard InChI is InChI=1S/C24H21ClF3N5O2/c25-19-10-17(23(35,14-1-2-14)15-3-4-15)18(12-30-19)32-22(34)13-7-8-29-21(9-13)33-20-6-5-16(11-31-20)24(26,27)28/h5-12,14-15,35H,1-4H2,(H,32,34)(H,29,31,33). The van der Waals surface area contributed by atoms with Crippen LogP contribution in [0.3, 0.4) is 0 Å². The molecule has 0 spiro atoms. The van der Waals surface area contributed by atoms with E-state index in [4.69, 9.17) is 11.6 Å². The van der Waals surface area contributed by atoms with Gasteiger partial charge in [0.15, 0.2) is 0 Å². The number of anilines is 3. The Morgan fingerprint density at radius 3 is 2.29 bits per heavy atom. The molecule has 2 saturated carbocycles. The first-order chi connectivity index (χ1) is 16.6. The van der Waals surface area contributed by atoms with Crippen molar-refractivity contribution in [3.05, 3.63) is 70.8 Å². The van der Waals surface area contributed by atoms with Crippen molar-refractivity contribution in [3.8, 4) is 0 Å². The Balaban J connectivity index is 1.36. The summed E-state index contributed by atoms with van der Waals surface area (Å²) in [4.78, 5) is 25.0. The maximum absolute atomic E-state index is 13.1. The van der Waals surface area contributed by atoms with Gasteiger partial charge < -0.3 is 15.7 Å². The van der Waals surface area contributed by atoms with Gasteiger partial charge in [0.1, 0.15) is 16.8 Å². The van der Waals surface area contributed by atoms with Crippen molar-refractivity contribution in [1.82, 2.24) is 15.0 Å². The van der Waals surface area contributed by atoms with Crippen molar-refractivity contribution in [1.29, 1.82) is 0 Å². The Labute approximate surface area is 203 Å². The number of nitrogens with zero attached hydrogens (tertiary/aromatic N) is 3. The highest BCUT2D eigenvalue weighted by Gasteiger charge is 2.55. The number of hydrogen-bond donors (Lipinski definition) is 3. The molecular formula is C24H21ClF3N5O2. The van der Waals surface area contributed by atoms with Crippen LogP contribution in [0.5, 0.6) is 0 Å². The molecule has 2 fully saturated rings. The molecule has 2 aliphatic carbocycles. The Morgan fingerprint density at radius 2 is 1.69 bits per heavy atom. The third-order valence-corrected chi connectivity index (χ3v) is 6.53. The van der Waals surface area contributed by atoms with E-state index in [0.29, 0.717) is 11.3 Å². The van der Waals surface area contributed by atoms with Crippen LogP contribution in [0.4, 0.5) is 30.5 Å². The second-order valence-electron chi connectivity index (χ2n) is 8.87. The number of alkyl halides is 3. The second kappa shape index (κ2) is 8.76. The summed E-state index contributed by atoms with van der Waals surface area (Å²) in [7, 11) is 0. The van der Waals surface area contributed by atoms with Crippen LogP contribution in [-0.4, -0.2) is 26.0 Å². The van der Waals surface area contributed by atoms with Gasteiger partial charge in [-0.1, -0.05) is 11.6 Å². The van der Waals surface area contributed by atoms with E-state index < -0.39 is 23.2 Å². The molecule has 0 radical (unpaired) electrons. The van der Waals surface area contributed by atoms with Gasteiger partial charge in [0.2, 0.25) is 0 Å². The fourth-order valence-electron chi connectivity index (χ4n) is 4.28. The highest BCUT2D eigenvalue weighted by atomic mass is 35.5. The molecule has 5 rings (SSSR count). The molecular weight excluding hydrogens is 483 g/mol. The first-order valence-electron chi connectivity index (χ1n) is 11.1. The lowest BCUT2D eigenvalue weighted by Crippen LogP contribution is -2.32. The Morgan fingerprint density at radius 1 is 0.971 bits per heavy atom. The lowest BCUT2D eigenvalue weighted by molar-refractivity contribution is -0.137. The number of carbonyl (C=O) groups is 1. The van der Waals surface area contributed by atoms with Gasteiger partial charge in [-0.3, -0.25) is 4.79 Å². The highest BCUT2D eigenvalue weighted by Crippen LogP contribution is 2.58. The Bertz CT molecular complexity index is 1250. The molecule has 3 aromatic heterocycles. The van der Waals surface area contributed by atoms with Gasteiger partial charge in [-0.05, 0) is 67.9 Å². The monoisotopic (exact) mass is 503 g/mol. The van der Waals surface area contributed by atoms with Crippen LogP contribution < -0.4 is 10.6 Å². The largest absolute Gasteiger partial charge is 0.417 e. The summed E-state index contributed by atoms with van der Waals surface area (Å²) in [5.41, 5.74) is -0.729. The number of rotatable bonds is 7. The van der Waals surface area contributed by atoms with Crippen LogP contribution in [0.25, 0.3) is 0 Å². The molecule has 182 valence electrons. The molecule has 3 heterocycles. The average molecular weight is 504 g/mol. The van der Waals surface area contributed by atoms with Gasteiger partial charge in [-0.25, -0.2) is 15.0 Å². The molecule has 2 aliphatic rings. The first-order valence-corrected chi connectivity index (χ1v) is 11.5. The van der Waals surface area contributed by atoms with E-state index in [1.54, 1.807) is 6.07 Å². The molecule has 0 bridgehead atoms. The van der Waals surface area contributed by atoms with Crippen molar-refractivity contribution in [2.45, 2.75) is 37.5 Å². The van der Waals surface area contributed by atoms with E-state index in [1.165, 1.54) is 30.6 Å². The van der Waals surface area contributed by atoms with Crippen LogP contribution in [0, 0.1) is 11.8 Å². The Kier molecular flexibility index (Phi) is 5.88. The van der Waals surface area contributed by atoms with Gasteiger partial charge >= 0.3 is 6.18 Å². The van der Waals surface area contributed by atoms with Crippen LogP contribution in [-0.2, 0) is 11.8 Å². The third-order valence-electron chi connectivity index (χ3n) is 6.32. The lowest BCUT2D eigenvalue weighted by Gasteiger charge is -2.31. The van der Waals surface area contributed by atoms with Gasteiger partial charge in [0.25, 0.3) is 5.91 Å². The molecule has 0 aromatic carbocycles. The van der Waals surface area contributed by atoms with Crippen LogP contribution in [0.1, 0.15) is 47.2 Å². The fourth-order valence-corrected chi connectivity index (χ4v) is 4.44. The minimum Gasteiger partial charge on any atom is -0.385 e. The number of amides is 1. The highest BCUT2D eigenvalue weighted by molar-refractivity contribution is 6.29. The predicted molar refractivity (Wildman–Crippen MR) is 123 cm³/mol. The van der Waals surface area contributed by atoms with Crippen molar-refractivity contribution in [3.63, 3.8) is 0 Å². The van der Waals surface area contributed by atoms with Crippen molar-refractivity contribution in [2.24, 2.45) is 11.8 Å². The van der Waals surface area contributed by atoms with Crippen LogP contribution in [0.15, 0.2) is 48.9 Å². The van der Waals surface area contributed by atoms with Crippen LogP contribution in [0.2, 0.25) is 5.15 Å². The van der Waals surface area contributed by atoms with E-state index in [2.05, 4.69) is 25.6 Å². The van der Waals surface area contributed by atoms with E-state index in [-0.39, 0.29) is 34.2 Å². The molecule has 7 nitrogen and oxygen atoms in total. The molecule has 3 N–H and O–H groups in total. The topological polar surface area (TPSA) is 100 Å². The summed E-state index contributed by atoms with van der Waals surface area (Å²) in [6, 6.07) is 6.65. The summed E-state index contributed by atoms with van der Waals surface area (Å²) in [6.07, 6.45) is 2.73. The molecule has 0 unspecified atom stereocenters. The lowest BCUT2D eigenvalue weighted by atomic mass is 9.83. The molecule has 35 heavy (non-hydrogen) atoms. The van der Waals surface area contributed by atoms with Crippen molar-refractivity contribution >= 4 is 34.8 Å². The number of pyridine rings is 3. The second-order valence-corrected chi connectivity index (χ2v) is 9.25. The average Bonchev–Trinajstić information content (AvgIpc) is 3.72. The number of hydrogen-bond acceptors (Lipinski definition) is 6. The zero-order valence-corrected chi connectivity index (χ0v) is 19.1. The van der Waals surface area contributed by atoms with E-state index in [9.17, 15) is 23.1 Å². The molecule has 0 saturated heterocycles. The molecule has 1 amide bonds. The van der Waals surface area contributed by atoms with Gasteiger partial charge in [0, 0.05) is 23.5 Å². The first kappa shape index (κ1) is 23.5. The summed E-state index contributed by atoms with van der Waals surface area (Å²) in [5, 5.41) is 17.4.